The number of aliphatic hydroxyl groups is 1. The molecule has 0 saturated carbocycles. The van der Waals surface area contributed by atoms with Crippen molar-refractivity contribution in [1.82, 2.24) is 9.97 Å². The van der Waals surface area contributed by atoms with Crippen molar-refractivity contribution in [2.24, 2.45) is 0 Å². The number of hydrogen-bond donors (Lipinski definition) is 2. The highest BCUT2D eigenvalue weighted by Crippen LogP contribution is 2.22. The Morgan fingerprint density at radius 2 is 1.95 bits per heavy atom. The molecule has 0 aliphatic carbocycles. The number of likely N-dealkylation sites (N-methyl/N-ethyl adjacent to an activating group) is 1. The number of nitrogens with one attached hydrogen (secondary N) is 1. The number of benzene rings is 1. The maximum absolute atomic E-state index is 12.1. The number of carbonyl (C=O) groups excluding carboxylic acids is 1. The lowest BCUT2D eigenvalue weighted by Gasteiger charge is -2.17. The monoisotopic (exact) mass is 286 g/mol. The minimum absolute atomic E-state index is 0.123. The summed E-state index contributed by atoms with van der Waals surface area (Å²) in [6, 6.07) is 8.90. The van der Waals surface area contributed by atoms with Gasteiger partial charge in [0.05, 0.1) is 12.6 Å². The average Bonchev–Trinajstić information content (AvgIpc) is 2.48. The second-order valence-corrected chi connectivity index (χ2v) is 4.72. The van der Waals surface area contributed by atoms with Crippen LogP contribution in [0.4, 0.5) is 11.6 Å². The standard InChI is InChI=1S/C15H18N4O2/c1-11(20)12-6-3-4-7-13(12)18-14(21)10-19(2)15-16-8-5-9-17-15/h3-9,11,20H,10H2,1-2H3,(H,18,21). The zero-order chi connectivity index (χ0) is 15.2. The van der Waals surface area contributed by atoms with Gasteiger partial charge in [0.1, 0.15) is 0 Å². The summed E-state index contributed by atoms with van der Waals surface area (Å²) in [7, 11) is 1.75. The van der Waals surface area contributed by atoms with Crippen LogP contribution in [0.25, 0.3) is 0 Å². The minimum Gasteiger partial charge on any atom is -0.389 e. The van der Waals surface area contributed by atoms with Crippen LogP contribution in [-0.2, 0) is 4.79 Å². The molecule has 2 N–H and O–H groups in total. The molecule has 110 valence electrons. The molecule has 6 heteroatoms. The summed E-state index contributed by atoms with van der Waals surface area (Å²) in [6.45, 7) is 1.78. The van der Waals surface area contributed by atoms with E-state index in [2.05, 4.69) is 15.3 Å². The van der Waals surface area contributed by atoms with Gasteiger partial charge >= 0.3 is 0 Å². The van der Waals surface area contributed by atoms with E-state index in [1.807, 2.05) is 12.1 Å². The van der Waals surface area contributed by atoms with Crippen LogP contribution in [0, 0.1) is 0 Å². The van der Waals surface area contributed by atoms with E-state index in [0.717, 1.165) is 0 Å². The molecule has 2 rings (SSSR count). The van der Waals surface area contributed by atoms with Crippen LogP contribution in [0.15, 0.2) is 42.7 Å². The topological polar surface area (TPSA) is 78.4 Å². The molecule has 1 amide bonds. The summed E-state index contributed by atoms with van der Waals surface area (Å²) < 4.78 is 0. The first-order valence-electron chi connectivity index (χ1n) is 6.63. The highest BCUT2D eigenvalue weighted by atomic mass is 16.3. The van der Waals surface area contributed by atoms with Crippen molar-refractivity contribution in [2.45, 2.75) is 13.0 Å². The molecule has 6 nitrogen and oxygen atoms in total. The zero-order valence-electron chi connectivity index (χ0n) is 12.0. The Hall–Kier alpha value is -2.47. The fourth-order valence-electron chi connectivity index (χ4n) is 1.94. The highest BCUT2D eigenvalue weighted by molar-refractivity contribution is 5.94. The number of aromatic nitrogens is 2. The number of rotatable bonds is 5. The van der Waals surface area contributed by atoms with Crippen LogP contribution in [0.3, 0.4) is 0 Å². The van der Waals surface area contributed by atoms with Gasteiger partial charge in [0, 0.05) is 30.7 Å². The van der Waals surface area contributed by atoms with Crippen LogP contribution in [0.5, 0.6) is 0 Å². The second-order valence-electron chi connectivity index (χ2n) is 4.72. The summed E-state index contributed by atoms with van der Waals surface area (Å²) >= 11 is 0. The number of anilines is 2. The lowest BCUT2D eigenvalue weighted by atomic mass is 10.1. The van der Waals surface area contributed by atoms with Crippen molar-refractivity contribution in [1.29, 1.82) is 0 Å². The molecular weight excluding hydrogens is 268 g/mol. The van der Waals surface area contributed by atoms with Gasteiger partial charge in [0.2, 0.25) is 11.9 Å². The molecule has 1 aromatic carbocycles. The maximum atomic E-state index is 12.1. The molecule has 2 aromatic rings. The zero-order valence-corrected chi connectivity index (χ0v) is 12.0. The Morgan fingerprint density at radius 3 is 2.62 bits per heavy atom. The van der Waals surface area contributed by atoms with E-state index in [0.29, 0.717) is 17.2 Å². The lowest BCUT2D eigenvalue weighted by Crippen LogP contribution is -2.31. The summed E-state index contributed by atoms with van der Waals surface area (Å²) in [5.41, 5.74) is 1.30. The highest BCUT2D eigenvalue weighted by Gasteiger charge is 2.12. The third-order valence-corrected chi connectivity index (χ3v) is 2.96. The normalized spacial score (nSPS) is 11.8. The summed E-state index contributed by atoms with van der Waals surface area (Å²) in [5, 5.41) is 12.5. The first kappa shape index (κ1) is 14.9. The Labute approximate surface area is 123 Å². The lowest BCUT2D eigenvalue weighted by molar-refractivity contribution is -0.114. The Bertz CT molecular complexity index is 602. The molecule has 1 atom stereocenters. The second kappa shape index (κ2) is 6.81. The first-order chi connectivity index (χ1) is 10.1. The number of para-hydroxylation sites is 1. The summed E-state index contributed by atoms with van der Waals surface area (Å²) in [6.07, 6.45) is 2.61. The van der Waals surface area contributed by atoms with Crippen LogP contribution in [0.2, 0.25) is 0 Å². The molecule has 1 unspecified atom stereocenters. The molecule has 0 fully saturated rings. The van der Waals surface area contributed by atoms with E-state index >= 15 is 0 Å². The predicted octanol–water partition coefficient (Wildman–Crippen LogP) is 1.60. The van der Waals surface area contributed by atoms with Crippen LogP contribution in [0.1, 0.15) is 18.6 Å². The Kier molecular flexibility index (Phi) is 4.84. The molecule has 0 saturated heterocycles. The molecule has 0 bridgehead atoms. The quantitative estimate of drug-likeness (QED) is 0.873. The van der Waals surface area contributed by atoms with Gasteiger partial charge in [-0.25, -0.2) is 9.97 Å². The van der Waals surface area contributed by atoms with Crippen LogP contribution < -0.4 is 10.2 Å². The molecule has 0 radical (unpaired) electrons. The van der Waals surface area contributed by atoms with Gasteiger partial charge in [-0.2, -0.15) is 0 Å². The molecule has 1 heterocycles. The van der Waals surface area contributed by atoms with Gasteiger partial charge in [0.15, 0.2) is 0 Å². The van der Waals surface area contributed by atoms with Gasteiger partial charge in [-0.05, 0) is 19.1 Å². The summed E-state index contributed by atoms with van der Waals surface area (Å²) in [4.78, 5) is 21.9. The molecule has 1 aromatic heterocycles. The van der Waals surface area contributed by atoms with Gasteiger partial charge in [-0.1, -0.05) is 18.2 Å². The van der Waals surface area contributed by atoms with E-state index in [1.54, 1.807) is 49.5 Å². The van der Waals surface area contributed by atoms with Gasteiger partial charge in [0.25, 0.3) is 0 Å². The van der Waals surface area contributed by atoms with E-state index < -0.39 is 6.10 Å². The van der Waals surface area contributed by atoms with E-state index in [1.165, 1.54) is 0 Å². The van der Waals surface area contributed by atoms with Crippen LogP contribution in [-0.4, -0.2) is 34.6 Å². The summed E-state index contributed by atoms with van der Waals surface area (Å²) in [5.74, 6) is 0.287. The van der Waals surface area contributed by atoms with E-state index in [4.69, 9.17) is 0 Å². The first-order valence-corrected chi connectivity index (χ1v) is 6.63. The predicted molar refractivity (Wildman–Crippen MR) is 81.0 cm³/mol. The largest absolute Gasteiger partial charge is 0.389 e. The molecule has 0 aliphatic heterocycles. The van der Waals surface area contributed by atoms with Crippen molar-refractivity contribution >= 4 is 17.5 Å². The van der Waals surface area contributed by atoms with Gasteiger partial charge in [-0.3, -0.25) is 4.79 Å². The fourth-order valence-corrected chi connectivity index (χ4v) is 1.94. The maximum Gasteiger partial charge on any atom is 0.244 e. The van der Waals surface area contributed by atoms with Crippen molar-refractivity contribution in [3.8, 4) is 0 Å². The minimum atomic E-state index is -0.642. The number of hydrogen-bond acceptors (Lipinski definition) is 5. The van der Waals surface area contributed by atoms with Gasteiger partial charge in [-0.15, -0.1) is 0 Å². The third kappa shape index (κ3) is 4.00. The van der Waals surface area contributed by atoms with Crippen molar-refractivity contribution in [2.75, 3.05) is 23.8 Å². The molecule has 0 aliphatic rings. The van der Waals surface area contributed by atoms with Gasteiger partial charge < -0.3 is 15.3 Å². The van der Waals surface area contributed by atoms with E-state index in [9.17, 15) is 9.90 Å². The Morgan fingerprint density at radius 1 is 1.29 bits per heavy atom. The number of carbonyl (C=O) groups is 1. The average molecular weight is 286 g/mol. The smallest absolute Gasteiger partial charge is 0.244 e. The molecule has 0 spiro atoms. The van der Waals surface area contributed by atoms with Crippen molar-refractivity contribution in [3.05, 3.63) is 48.3 Å². The van der Waals surface area contributed by atoms with E-state index in [-0.39, 0.29) is 12.5 Å². The van der Waals surface area contributed by atoms with Crippen molar-refractivity contribution < 1.29 is 9.90 Å². The number of nitrogens with zero attached hydrogens (tertiary/aromatic N) is 3. The van der Waals surface area contributed by atoms with Crippen LogP contribution >= 0.6 is 0 Å². The number of amides is 1. The fraction of sp³-hybridized carbons (Fsp3) is 0.267. The van der Waals surface area contributed by atoms with Crippen molar-refractivity contribution in [3.63, 3.8) is 0 Å². The Balaban J connectivity index is 2.02. The molecular formula is C15H18N4O2. The number of aliphatic hydroxyl groups excluding tert-OH is 1. The molecule has 21 heavy (non-hydrogen) atoms. The third-order valence-electron chi connectivity index (χ3n) is 2.96. The SMILES string of the molecule is CC(O)c1ccccc1NC(=O)CN(C)c1ncccn1.